The maximum absolute atomic E-state index is 12.8. The number of carbonyl (C=O) groups excluding carboxylic acids is 2. The summed E-state index contributed by atoms with van der Waals surface area (Å²) in [5.74, 6) is -0.575. The highest BCUT2D eigenvalue weighted by Crippen LogP contribution is 2.13. The second-order valence-electron chi connectivity index (χ2n) is 6.94. The van der Waals surface area contributed by atoms with Crippen LogP contribution in [0.2, 0.25) is 0 Å². The zero-order chi connectivity index (χ0) is 21.7. The Morgan fingerprint density at radius 3 is 2.63 bits per heavy atom. The van der Waals surface area contributed by atoms with Crippen LogP contribution in [0.25, 0.3) is 10.9 Å². The van der Waals surface area contributed by atoms with Gasteiger partial charge in [-0.05, 0) is 49.3 Å². The maximum atomic E-state index is 12.8. The number of aromatic nitrogens is 2. The number of methoxy groups -OCH3 is 1. The first-order valence-corrected chi connectivity index (χ1v) is 10.0. The fourth-order valence-corrected chi connectivity index (χ4v) is 3.52. The second kappa shape index (κ2) is 9.49. The lowest BCUT2D eigenvalue weighted by atomic mass is 10.1. The Kier molecular flexibility index (Phi) is 6.79. The molecule has 0 aliphatic carbocycles. The molecule has 1 amide bonds. The predicted molar refractivity (Wildman–Crippen MR) is 117 cm³/mol. The van der Waals surface area contributed by atoms with E-state index in [0.29, 0.717) is 29.4 Å². The van der Waals surface area contributed by atoms with Gasteiger partial charge in [0.25, 0.3) is 5.56 Å². The molecular formula is C22H23N3O4S. The summed E-state index contributed by atoms with van der Waals surface area (Å²) in [5.41, 5.74) is 1.57. The van der Waals surface area contributed by atoms with Crippen molar-refractivity contribution in [2.45, 2.75) is 32.4 Å². The first kappa shape index (κ1) is 21.4. The van der Waals surface area contributed by atoms with Crippen LogP contribution in [0.3, 0.4) is 0 Å². The lowest BCUT2D eigenvalue weighted by Crippen LogP contribution is -2.27. The molecule has 30 heavy (non-hydrogen) atoms. The highest BCUT2D eigenvalue weighted by Gasteiger charge is 2.12. The lowest BCUT2D eigenvalue weighted by Gasteiger charge is -2.14. The fourth-order valence-electron chi connectivity index (χ4n) is 3.24. The minimum absolute atomic E-state index is 0.0854. The number of fused-ring (bicyclic) bond motifs is 1. The number of H-pyrrole nitrogens is 1. The monoisotopic (exact) mass is 425 g/mol. The van der Waals surface area contributed by atoms with E-state index in [0.717, 1.165) is 5.56 Å². The van der Waals surface area contributed by atoms with Gasteiger partial charge in [-0.15, -0.1) is 0 Å². The summed E-state index contributed by atoms with van der Waals surface area (Å²) >= 11 is 5.31. The van der Waals surface area contributed by atoms with Crippen LogP contribution in [0.15, 0.2) is 53.3 Å². The Hall–Kier alpha value is -3.26. The topological polar surface area (TPSA) is 93.2 Å². The van der Waals surface area contributed by atoms with E-state index in [1.807, 2.05) is 37.3 Å². The number of ether oxygens (including phenoxy) is 1. The number of rotatable bonds is 7. The summed E-state index contributed by atoms with van der Waals surface area (Å²) < 4.78 is 6.38. The summed E-state index contributed by atoms with van der Waals surface area (Å²) in [6, 6.07) is 14.3. The maximum Gasteiger partial charge on any atom is 0.337 e. The van der Waals surface area contributed by atoms with Crippen LogP contribution in [0.1, 0.15) is 41.7 Å². The van der Waals surface area contributed by atoms with E-state index in [1.165, 1.54) is 17.7 Å². The van der Waals surface area contributed by atoms with Crippen molar-refractivity contribution in [3.63, 3.8) is 0 Å². The quantitative estimate of drug-likeness (QED) is 0.446. The molecule has 7 nitrogen and oxygen atoms in total. The van der Waals surface area contributed by atoms with Crippen molar-refractivity contribution in [1.29, 1.82) is 0 Å². The molecule has 8 heteroatoms. The Morgan fingerprint density at radius 1 is 1.20 bits per heavy atom. The van der Waals surface area contributed by atoms with Gasteiger partial charge in [-0.25, -0.2) is 4.79 Å². The Morgan fingerprint density at radius 2 is 1.93 bits per heavy atom. The van der Waals surface area contributed by atoms with Gasteiger partial charge < -0.3 is 15.0 Å². The van der Waals surface area contributed by atoms with Gasteiger partial charge in [0.15, 0.2) is 4.77 Å². The van der Waals surface area contributed by atoms with Crippen LogP contribution in [-0.2, 0) is 16.1 Å². The van der Waals surface area contributed by atoms with Gasteiger partial charge in [0, 0.05) is 13.0 Å². The zero-order valence-corrected chi connectivity index (χ0v) is 17.6. The van der Waals surface area contributed by atoms with Crippen LogP contribution < -0.4 is 10.9 Å². The molecule has 0 bridgehead atoms. The summed E-state index contributed by atoms with van der Waals surface area (Å²) in [6.07, 6.45) is 0.744. The summed E-state index contributed by atoms with van der Waals surface area (Å²) in [4.78, 5) is 39.7. The molecular weight excluding hydrogens is 402 g/mol. The smallest absolute Gasteiger partial charge is 0.337 e. The second-order valence-corrected chi connectivity index (χ2v) is 7.33. The average molecular weight is 426 g/mol. The molecule has 1 aromatic heterocycles. The molecule has 0 saturated carbocycles. The van der Waals surface area contributed by atoms with Gasteiger partial charge in [0.2, 0.25) is 5.91 Å². The highest BCUT2D eigenvalue weighted by atomic mass is 32.1. The van der Waals surface area contributed by atoms with Crippen molar-refractivity contribution >= 4 is 35.0 Å². The number of benzene rings is 2. The Labute approximate surface area is 178 Å². The van der Waals surface area contributed by atoms with Gasteiger partial charge in [0.05, 0.1) is 29.6 Å². The number of esters is 1. The van der Waals surface area contributed by atoms with Crippen molar-refractivity contribution in [3.05, 3.63) is 74.8 Å². The molecule has 1 atom stereocenters. The number of amides is 1. The Bertz CT molecular complexity index is 1180. The van der Waals surface area contributed by atoms with E-state index in [2.05, 4.69) is 10.3 Å². The normalized spacial score (nSPS) is 11.8. The SMILES string of the molecule is COC(=O)c1ccc2c(=O)n(CCCC(=O)N[C@H](C)c3ccccc3)c(=S)[nH]c2c1. The molecule has 3 aromatic rings. The van der Waals surface area contributed by atoms with E-state index in [-0.39, 0.29) is 28.7 Å². The summed E-state index contributed by atoms with van der Waals surface area (Å²) in [6.45, 7) is 2.25. The molecule has 0 saturated heterocycles. The van der Waals surface area contributed by atoms with Gasteiger partial charge in [-0.1, -0.05) is 30.3 Å². The molecule has 0 aliphatic rings. The van der Waals surface area contributed by atoms with Crippen molar-refractivity contribution < 1.29 is 14.3 Å². The molecule has 1 heterocycles. The van der Waals surface area contributed by atoms with E-state index in [1.54, 1.807) is 12.1 Å². The number of aromatic amines is 1. The molecule has 3 rings (SSSR count). The molecule has 0 fully saturated rings. The third-order valence-corrected chi connectivity index (χ3v) is 5.19. The molecule has 0 radical (unpaired) electrons. The summed E-state index contributed by atoms with van der Waals surface area (Å²) in [7, 11) is 1.30. The standard InChI is InChI=1S/C22H23N3O4S/c1-14(15-7-4-3-5-8-15)23-19(26)9-6-12-25-20(27)17-11-10-16(21(28)29-2)13-18(17)24-22(25)30/h3-5,7-8,10-11,13-14H,6,9,12H2,1-2H3,(H,23,26)(H,24,30)/t14-/m1/s1. The third kappa shape index (κ3) is 4.83. The van der Waals surface area contributed by atoms with Crippen LogP contribution in [-0.4, -0.2) is 28.5 Å². The third-order valence-electron chi connectivity index (χ3n) is 4.87. The van der Waals surface area contributed by atoms with E-state index in [4.69, 9.17) is 17.0 Å². The number of hydrogen-bond acceptors (Lipinski definition) is 5. The minimum atomic E-state index is -0.490. The van der Waals surface area contributed by atoms with E-state index >= 15 is 0 Å². The van der Waals surface area contributed by atoms with Crippen molar-refractivity contribution in [1.82, 2.24) is 14.9 Å². The average Bonchev–Trinajstić information content (AvgIpc) is 2.75. The largest absolute Gasteiger partial charge is 0.465 e. The van der Waals surface area contributed by atoms with Gasteiger partial charge >= 0.3 is 5.97 Å². The minimum Gasteiger partial charge on any atom is -0.465 e. The van der Waals surface area contributed by atoms with Crippen LogP contribution in [0.5, 0.6) is 0 Å². The molecule has 0 unspecified atom stereocenters. The number of nitrogens with zero attached hydrogens (tertiary/aromatic N) is 1. The fraction of sp³-hybridized carbons (Fsp3) is 0.273. The van der Waals surface area contributed by atoms with E-state index in [9.17, 15) is 14.4 Å². The first-order valence-electron chi connectivity index (χ1n) is 9.60. The predicted octanol–water partition coefficient (Wildman–Crippen LogP) is 3.50. The lowest BCUT2D eigenvalue weighted by molar-refractivity contribution is -0.121. The zero-order valence-electron chi connectivity index (χ0n) is 16.8. The molecule has 0 spiro atoms. The molecule has 2 aromatic carbocycles. The van der Waals surface area contributed by atoms with Crippen LogP contribution in [0.4, 0.5) is 0 Å². The number of hydrogen-bond donors (Lipinski definition) is 2. The van der Waals surface area contributed by atoms with Crippen LogP contribution in [0, 0.1) is 4.77 Å². The van der Waals surface area contributed by atoms with Crippen molar-refractivity contribution in [2.75, 3.05) is 7.11 Å². The molecule has 0 aliphatic heterocycles. The van der Waals surface area contributed by atoms with Crippen molar-refractivity contribution in [2.24, 2.45) is 0 Å². The highest BCUT2D eigenvalue weighted by molar-refractivity contribution is 7.71. The summed E-state index contributed by atoms with van der Waals surface area (Å²) in [5, 5.41) is 3.37. The van der Waals surface area contributed by atoms with Crippen molar-refractivity contribution in [3.8, 4) is 0 Å². The van der Waals surface area contributed by atoms with Crippen LogP contribution >= 0.6 is 12.2 Å². The van der Waals surface area contributed by atoms with Gasteiger partial charge in [-0.2, -0.15) is 0 Å². The molecule has 156 valence electrons. The first-order chi connectivity index (χ1) is 14.4. The number of carbonyl (C=O) groups is 2. The van der Waals surface area contributed by atoms with E-state index < -0.39 is 5.97 Å². The Balaban J connectivity index is 1.67. The van der Waals surface area contributed by atoms with Gasteiger partial charge in [0.1, 0.15) is 0 Å². The molecule has 2 N–H and O–H groups in total. The number of nitrogens with one attached hydrogen (secondary N) is 2. The van der Waals surface area contributed by atoms with Gasteiger partial charge in [-0.3, -0.25) is 14.2 Å².